The van der Waals surface area contributed by atoms with Crippen LogP contribution in [0.2, 0.25) is 0 Å². The van der Waals surface area contributed by atoms with Gasteiger partial charge in [0.25, 0.3) is 0 Å². The Morgan fingerprint density at radius 3 is 2.07 bits per heavy atom. The summed E-state index contributed by atoms with van der Waals surface area (Å²) in [6.45, 7) is 4.08. The van der Waals surface area contributed by atoms with E-state index in [2.05, 4.69) is 53.1 Å². The summed E-state index contributed by atoms with van der Waals surface area (Å²) in [6, 6.07) is 25.0. The molecule has 1 unspecified atom stereocenters. The molecule has 150 valence electrons. The Bertz CT molecular complexity index is 1010. The van der Waals surface area contributed by atoms with Gasteiger partial charge in [0.15, 0.2) is 0 Å². The first-order chi connectivity index (χ1) is 14.3. The van der Waals surface area contributed by atoms with Crippen molar-refractivity contribution in [3.8, 4) is 5.75 Å². The largest absolute Gasteiger partial charge is 0.492 e. The van der Waals surface area contributed by atoms with Gasteiger partial charge in [0.1, 0.15) is 12.4 Å². The highest BCUT2D eigenvalue weighted by atomic mass is 16.5. The van der Waals surface area contributed by atoms with Crippen LogP contribution in [0.15, 0.2) is 72.8 Å². The van der Waals surface area contributed by atoms with Crippen molar-refractivity contribution in [1.82, 2.24) is 4.57 Å². The molecule has 0 aliphatic rings. The summed E-state index contributed by atoms with van der Waals surface area (Å²) in [5.74, 6) is 0.841. The summed E-state index contributed by atoms with van der Waals surface area (Å²) >= 11 is 0. The van der Waals surface area contributed by atoms with Crippen LogP contribution in [0.5, 0.6) is 5.75 Å². The molecule has 1 N–H and O–H groups in total. The average molecular weight is 389 g/mol. The molecular formula is C25H27NO3. The van der Waals surface area contributed by atoms with Crippen LogP contribution in [0.3, 0.4) is 0 Å². The molecule has 4 heteroatoms. The number of hydrogen-bond acceptors (Lipinski definition) is 3. The van der Waals surface area contributed by atoms with Crippen molar-refractivity contribution in [2.75, 3.05) is 19.8 Å². The van der Waals surface area contributed by atoms with Crippen molar-refractivity contribution in [3.63, 3.8) is 0 Å². The van der Waals surface area contributed by atoms with Crippen LogP contribution in [0.4, 0.5) is 0 Å². The van der Waals surface area contributed by atoms with E-state index in [1.165, 1.54) is 21.8 Å². The second kappa shape index (κ2) is 9.12. The lowest BCUT2D eigenvalue weighted by atomic mass is 10.1. The highest BCUT2D eigenvalue weighted by molar-refractivity contribution is 6.07. The quantitative estimate of drug-likeness (QED) is 0.421. The van der Waals surface area contributed by atoms with Crippen molar-refractivity contribution in [2.24, 2.45) is 0 Å². The van der Waals surface area contributed by atoms with Gasteiger partial charge in [-0.05, 0) is 36.8 Å². The molecule has 0 aliphatic carbocycles. The van der Waals surface area contributed by atoms with E-state index in [0.717, 1.165) is 17.9 Å². The van der Waals surface area contributed by atoms with Crippen LogP contribution < -0.4 is 4.74 Å². The van der Waals surface area contributed by atoms with Gasteiger partial charge in [-0.25, -0.2) is 0 Å². The summed E-state index contributed by atoms with van der Waals surface area (Å²) in [5.41, 5.74) is 3.53. The SMILES string of the molecule is CCOC(CCO)c1ccc(OCCn2c3ccccc3c3ccccc32)cc1. The Morgan fingerprint density at radius 2 is 1.48 bits per heavy atom. The summed E-state index contributed by atoms with van der Waals surface area (Å²) < 4.78 is 14.1. The molecule has 0 spiro atoms. The first kappa shape index (κ1) is 19.5. The number of aromatic nitrogens is 1. The van der Waals surface area contributed by atoms with Gasteiger partial charge in [0.05, 0.1) is 12.6 Å². The van der Waals surface area contributed by atoms with E-state index < -0.39 is 0 Å². The maximum absolute atomic E-state index is 9.23. The minimum Gasteiger partial charge on any atom is -0.492 e. The Labute approximate surface area is 171 Å². The minimum atomic E-state index is -0.0725. The van der Waals surface area contributed by atoms with Crippen LogP contribution in [0, 0.1) is 0 Å². The molecule has 4 nitrogen and oxygen atoms in total. The molecule has 0 saturated carbocycles. The number of nitrogens with zero attached hydrogens (tertiary/aromatic N) is 1. The van der Waals surface area contributed by atoms with Crippen molar-refractivity contribution in [3.05, 3.63) is 78.4 Å². The van der Waals surface area contributed by atoms with Crippen molar-refractivity contribution in [1.29, 1.82) is 0 Å². The molecule has 0 bridgehead atoms. The van der Waals surface area contributed by atoms with Gasteiger partial charge in [0.2, 0.25) is 0 Å². The van der Waals surface area contributed by atoms with Gasteiger partial charge in [-0.1, -0.05) is 48.5 Å². The van der Waals surface area contributed by atoms with E-state index in [0.29, 0.717) is 19.6 Å². The van der Waals surface area contributed by atoms with Crippen LogP contribution in [0.25, 0.3) is 21.8 Å². The summed E-state index contributed by atoms with van der Waals surface area (Å²) in [4.78, 5) is 0. The van der Waals surface area contributed by atoms with E-state index in [1.807, 2.05) is 31.2 Å². The number of rotatable bonds is 9. The molecule has 0 radical (unpaired) electrons. The fourth-order valence-corrected chi connectivity index (χ4v) is 3.94. The Morgan fingerprint density at radius 1 is 0.862 bits per heavy atom. The zero-order valence-electron chi connectivity index (χ0n) is 16.8. The number of ether oxygens (including phenoxy) is 2. The van der Waals surface area contributed by atoms with Crippen molar-refractivity contribution in [2.45, 2.75) is 26.0 Å². The zero-order chi connectivity index (χ0) is 20.1. The van der Waals surface area contributed by atoms with Crippen LogP contribution in [-0.4, -0.2) is 29.5 Å². The highest BCUT2D eigenvalue weighted by Crippen LogP contribution is 2.29. The summed E-state index contributed by atoms with van der Waals surface area (Å²) in [7, 11) is 0. The standard InChI is InChI=1S/C25H27NO3/c1-2-28-25(15-17-27)19-11-13-20(14-12-19)29-18-16-26-23-9-5-3-7-21(23)22-8-4-6-10-24(22)26/h3-14,25,27H,2,15-18H2,1H3. The molecule has 29 heavy (non-hydrogen) atoms. The second-order valence-electron chi connectivity index (χ2n) is 7.06. The average Bonchev–Trinajstić information content (AvgIpc) is 3.08. The van der Waals surface area contributed by atoms with Gasteiger partial charge in [-0.15, -0.1) is 0 Å². The zero-order valence-corrected chi connectivity index (χ0v) is 16.8. The topological polar surface area (TPSA) is 43.6 Å². The fraction of sp³-hybridized carbons (Fsp3) is 0.280. The minimum absolute atomic E-state index is 0.0725. The van der Waals surface area contributed by atoms with E-state index in [9.17, 15) is 5.11 Å². The molecule has 1 heterocycles. The monoisotopic (exact) mass is 389 g/mol. The number of benzene rings is 3. The number of hydrogen-bond donors (Lipinski definition) is 1. The molecule has 4 aromatic rings. The van der Waals surface area contributed by atoms with Gasteiger partial charge in [0, 0.05) is 41.4 Å². The Kier molecular flexibility index (Phi) is 6.13. The lowest BCUT2D eigenvalue weighted by Crippen LogP contribution is -2.09. The molecule has 0 saturated heterocycles. The van der Waals surface area contributed by atoms with Gasteiger partial charge < -0.3 is 19.1 Å². The third-order valence-corrected chi connectivity index (χ3v) is 5.27. The lowest BCUT2D eigenvalue weighted by Gasteiger charge is -2.17. The van der Waals surface area contributed by atoms with Crippen LogP contribution in [-0.2, 0) is 11.3 Å². The predicted molar refractivity (Wildman–Crippen MR) is 117 cm³/mol. The first-order valence-electron chi connectivity index (χ1n) is 10.2. The number of aliphatic hydroxyl groups excluding tert-OH is 1. The molecule has 0 amide bonds. The first-order valence-corrected chi connectivity index (χ1v) is 10.2. The molecule has 1 atom stereocenters. The van der Waals surface area contributed by atoms with Crippen LogP contribution in [0.1, 0.15) is 25.0 Å². The molecule has 4 rings (SSSR count). The highest BCUT2D eigenvalue weighted by Gasteiger charge is 2.12. The number of aliphatic hydroxyl groups is 1. The normalized spacial score (nSPS) is 12.5. The number of fused-ring (bicyclic) bond motifs is 3. The molecular weight excluding hydrogens is 362 g/mol. The van der Waals surface area contributed by atoms with E-state index in [4.69, 9.17) is 9.47 Å². The smallest absolute Gasteiger partial charge is 0.119 e. The van der Waals surface area contributed by atoms with Crippen molar-refractivity contribution < 1.29 is 14.6 Å². The Balaban J connectivity index is 1.46. The molecule has 0 fully saturated rings. The number of para-hydroxylation sites is 2. The maximum atomic E-state index is 9.23. The van der Waals surface area contributed by atoms with Gasteiger partial charge in [-0.2, -0.15) is 0 Å². The van der Waals surface area contributed by atoms with E-state index in [-0.39, 0.29) is 12.7 Å². The van der Waals surface area contributed by atoms with Crippen LogP contribution >= 0.6 is 0 Å². The van der Waals surface area contributed by atoms with Gasteiger partial charge in [-0.3, -0.25) is 0 Å². The van der Waals surface area contributed by atoms with Gasteiger partial charge >= 0.3 is 0 Å². The fourth-order valence-electron chi connectivity index (χ4n) is 3.94. The third kappa shape index (κ3) is 4.14. The maximum Gasteiger partial charge on any atom is 0.119 e. The molecule has 1 aromatic heterocycles. The Hall–Kier alpha value is -2.82. The molecule has 0 aliphatic heterocycles. The second-order valence-corrected chi connectivity index (χ2v) is 7.06. The summed E-state index contributed by atoms with van der Waals surface area (Å²) in [5, 5.41) is 11.8. The molecule has 3 aromatic carbocycles. The third-order valence-electron chi connectivity index (χ3n) is 5.27. The van der Waals surface area contributed by atoms with E-state index >= 15 is 0 Å². The summed E-state index contributed by atoms with van der Waals surface area (Å²) in [6.07, 6.45) is 0.526. The van der Waals surface area contributed by atoms with Crippen molar-refractivity contribution >= 4 is 21.8 Å². The predicted octanol–water partition coefficient (Wildman–Crippen LogP) is 5.33. The lowest BCUT2D eigenvalue weighted by molar-refractivity contribution is 0.0432. The van der Waals surface area contributed by atoms with E-state index in [1.54, 1.807) is 0 Å².